The largest absolute Gasteiger partial charge is 0.422 e. The number of anilines is 1. The molecule has 1 aliphatic carbocycles. The summed E-state index contributed by atoms with van der Waals surface area (Å²) in [5.74, 6) is 1.51. The van der Waals surface area contributed by atoms with Crippen LogP contribution in [0.5, 0.6) is 0 Å². The molecule has 0 spiro atoms. The van der Waals surface area contributed by atoms with Gasteiger partial charge in [0.05, 0.1) is 17.5 Å². The summed E-state index contributed by atoms with van der Waals surface area (Å²) in [6, 6.07) is 15.1. The molecule has 0 radical (unpaired) electrons. The monoisotopic (exact) mass is 470 g/mol. The lowest BCUT2D eigenvalue weighted by Crippen LogP contribution is -2.35. The molecule has 32 heavy (non-hydrogen) atoms. The lowest BCUT2D eigenvalue weighted by Gasteiger charge is -2.33. The number of sulfonamides is 1. The lowest BCUT2D eigenvalue weighted by molar-refractivity contribution is 0.311. The maximum atomic E-state index is 11.9. The normalized spacial score (nSPS) is 16.2. The van der Waals surface area contributed by atoms with Crippen LogP contribution in [0.2, 0.25) is 5.02 Å². The van der Waals surface area contributed by atoms with Crippen molar-refractivity contribution >= 4 is 38.2 Å². The molecule has 1 saturated carbocycles. The van der Waals surface area contributed by atoms with Crippen LogP contribution in [-0.2, 0) is 15.6 Å². The second-order valence-corrected chi connectivity index (χ2v) is 10.4. The molecule has 2 heterocycles. The van der Waals surface area contributed by atoms with E-state index in [9.17, 15) is 8.42 Å². The van der Waals surface area contributed by atoms with Gasteiger partial charge in [0.25, 0.3) is 0 Å². The molecule has 0 bridgehead atoms. The highest BCUT2D eigenvalue weighted by Crippen LogP contribution is 2.44. The predicted molar refractivity (Wildman–Crippen MR) is 125 cm³/mol. The van der Waals surface area contributed by atoms with Crippen LogP contribution in [0.25, 0.3) is 10.9 Å². The van der Waals surface area contributed by atoms with Crippen molar-refractivity contribution in [2.24, 2.45) is 0 Å². The van der Waals surface area contributed by atoms with Gasteiger partial charge in [0.2, 0.25) is 21.8 Å². The zero-order chi connectivity index (χ0) is 22.5. The Morgan fingerprint density at radius 2 is 1.91 bits per heavy atom. The van der Waals surface area contributed by atoms with Gasteiger partial charge in [-0.25, -0.2) is 8.42 Å². The lowest BCUT2D eigenvalue weighted by atomic mass is 9.86. The number of benzene rings is 2. The highest BCUT2D eigenvalue weighted by Gasteiger charge is 2.42. The Kier molecular flexibility index (Phi) is 5.02. The average molecular weight is 471 g/mol. The van der Waals surface area contributed by atoms with Gasteiger partial charge in [0.15, 0.2) is 0 Å². The first-order chi connectivity index (χ1) is 15.3. The van der Waals surface area contributed by atoms with Gasteiger partial charge in [-0.05, 0) is 55.2 Å². The van der Waals surface area contributed by atoms with Gasteiger partial charge in [0, 0.05) is 22.5 Å². The van der Waals surface area contributed by atoms with Crippen molar-refractivity contribution in [3.8, 4) is 0 Å². The fourth-order valence-electron chi connectivity index (χ4n) is 4.30. The quantitative estimate of drug-likeness (QED) is 0.404. The summed E-state index contributed by atoms with van der Waals surface area (Å²) < 4.78 is 34.7. The summed E-state index contributed by atoms with van der Waals surface area (Å²) in [5, 5.41) is 10.2. The minimum Gasteiger partial charge on any atom is -0.422 e. The number of rotatable bonds is 7. The third-order valence-corrected chi connectivity index (χ3v) is 6.84. The summed E-state index contributed by atoms with van der Waals surface area (Å²) in [7, 11) is -3.42. The van der Waals surface area contributed by atoms with Crippen LogP contribution < -0.4 is 4.72 Å². The Hall–Kier alpha value is -2.84. The minimum atomic E-state index is -3.42. The van der Waals surface area contributed by atoms with Crippen molar-refractivity contribution in [2.45, 2.75) is 37.6 Å². The topological polar surface area (TPSA) is 90.0 Å². The number of halogens is 1. The molecule has 9 heteroatoms. The van der Waals surface area contributed by atoms with E-state index in [1.165, 1.54) is 0 Å². The van der Waals surface area contributed by atoms with E-state index in [1.54, 1.807) is 6.07 Å². The number of nitrogens with zero attached hydrogens (tertiary/aromatic N) is 3. The van der Waals surface area contributed by atoms with E-state index in [1.807, 2.05) is 48.7 Å². The van der Waals surface area contributed by atoms with Crippen LogP contribution in [0.15, 0.2) is 59.1 Å². The fourth-order valence-corrected chi connectivity index (χ4v) is 5.01. The Balaban J connectivity index is 1.76. The molecule has 7 nitrogen and oxygen atoms in total. The standard InChI is InChI=1S/C23H23ClN4O3S/c1-3-23(16-9-11-17(24)12-10-16,22-26-25-21(31-22)15-7-8-15)28-14-13-18-19(27-32(2,29)30)5-4-6-20(18)28/h4-6,9-15,27H,3,7-8H2,1-2H3/t23-/m1/s1. The highest BCUT2D eigenvalue weighted by molar-refractivity contribution is 7.92. The zero-order valence-electron chi connectivity index (χ0n) is 17.7. The molecule has 166 valence electrons. The molecular weight excluding hydrogens is 448 g/mol. The second kappa shape index (κ2) is 7.64. The van der Waals surface area contributed by atoms with E-state index in [-0.39, 0.29) is 0 Å². The average Bonchev–Trinajstić information content (AvgIpc) is 3.31. The van der Waals surface area contributed by atoms with Crippen LogP contribution in [0.1, 0.15) is 49.4 Å². The molecule has 5 rings (SSSR count). The van der Waals surface area contributed by atoms with Crippen molar-refractivity contribution in [2.75, 3.05) is 11.0 Å². The van der Waals surface area contributed by atoms with Gasteiger partial charge in [0.1, 0.15) is 5.54 Å². The molecule has 1 fully saturated rings. The third-order valence-electron chi connectivity index (χ3n) is 5.99. The van der Waals surface area contributed by atoms with E-state index >= 15 is 0 Å². The highest BCUT2D eigenvalue weighted by atomic mass is 35.5. The zero-order valence-corrected chi connectivity index (χ0v) is 19.3. The molecule has 0 unspecified atom stereocenters. The van der Waals surface area contributed by atoms with E-state index < -0.39 is 15.6 Å². The maximum absolute atomic E-state index is 11.9. The minimum absolute atomic E-state index is 0.336. The van der Waals surface area contributed by atoms with Crippen molar-refractivity contribution in [3.05, 3.63) is 77.1 Å². The Labute approximate surface area is 191 Å². The van der Waals surface area contributed by atoms with Gasteiger partial charge in [-0.3, -0.25) is 4.72 Å². The van der Waals surface area contributed by atoms with E-state index in [0.717, 1.165) is 35.6 Å². The Morgan fingerprint density at radius 3 is 2.56 bits per heavy atom. The molecule has 1 aliphatic rings. The van der Waals surface area contributed by atoms with E-state index in [4.69, 9.17) is 16.0 Å². The molecule has 1 atom stereocenters. The van der Waals surface area contributed by atoms with Gasteiger partial charge in [-0.15, -0.1) is 10.2 Å². The number of hydrogen-bond acceptors (Lipinski definition) is 5. The number of aromatic nitrogens is 3. The molecule has 2 aromatic carbocycles. The molecule has 0 aliphatic heterocycles. The van der Waals surface area contributed by atoms with E-state index in [0.29, 0.717) is 34.8 Å². The summed E-state index contributed by atoms with van der Waals surface area (Å²) in [6.45, 7) is 2.07. The Morgan fingerprint density at radius 1 is 1.16 bits per heavy atom. The summed E-state index contributed by atoms with van der Waals surface area (Å²) in [6.07, 6.45) is 5.85. The number of fused-ring (bicyclic) bond motifs is 1. The van der Waals surface area contributed by atoms with Crippen molar-refractivity contribution in [1.82, 2.24) is 14.8 Å². The molecule has 1 N–H and O–H groups in total. The van der Waals surface area contributed by atoms with Crippen molar-refractivity contribution < 1.29 is 12.8 Å². The number of hydrogen-bond donors (Lipinski definition) is 1. The summed E-state index contributed by atoms with van der Waals surface area (Å²) in [4.78, 5) is 0. The first-order valence-corrected chi connectivity index (χ1v) is 12.8. The van der Waals surface area contributed by atoms with Crippen LogP contribution >= 0.6 is 11.6 Å². The molecule has 2 aromatic heterocycles. The van der Waals surface area contributed by atoms with Crippen molar-refractivity contribution in [3.63, 3.8) is 0 Å². The predicted octanol–water partition coefficient (Wildman–Crippen LogP) is 5.13. The van der Waals surface area contributed by atoms with Crippen LogP contribution in [-0.4, -0.2) is 29.4 Å². The first kappa shape index (κ1) is 21.0. The first-order valence-electron chi connectivity index (χ1n) is 10.5. The van der Waals surface area contributed by atoms with E-state index in [2.05, 4.69) is 26.4 Å². The van der Waals surface area contributed by atoms with Gasteiger partial charge in [-0.1, -0.05) is 36.7 Å². The summed E-state index contributed by atoms with van der Waals surface area (Å²) in [5.41, 5.74) is 1.54. The number of nitrogens with one attached hydrogen (secondary N) is 1. The Bertz CT molecular complexity index is 1390. The van der Waals surface area contributed by atoms with Crippen LogP contribution in [0, 0.1) is 0 Å². The fraction of sp³-hybridized carbons (Fsp3) is 0.304. The third kappa shape index (κ3) is 3.57. The van der Waals surface area contributed by atoms with Gasteiger partial charge in [-0.2, -0.15) is 0 Å². The maximum Gasteiger partial charge on any atom is 0.246 e. The SMILES string of the molecule is CC[C@@](c1ccc(Cl)cc1)(c1nnc(C2CC2)o1)n1ccc2c(NS(C)(=O)=O)cccc21. The summed E-state index contributed by atoms with van der Waals surface area (Å²) >= 11 is 6.18. The molecule has 0 amide bonds. The van der Waals surface area contributed by atoms with Gasteiger partial charge >= 0.3 is 0 Å². The molecular formula is C23H23ClN4O3S. The second-order valence-electron chi connectivity index (χ2n) is 8.24. The van der Waals surface area contributed by atoms with Crippen LogP contribution in [0.3, 0.4) is 0 Å². The van der Waals surface area contributed by atoms with Crippen molar-refractivity contribution in [1.29, 1.82) is 0 Å². The molecule has 4 aromatic rings. The van der Waals surface area contributed by atoms with Crippen LogP contribution in [0.4, 0.5) is 5.69 Å². The van der Waals surface area contributed by atoms with Gasteiger partial charge < -0.3 is 8.98 Å². The smallest absolute Gasteiger partial charge is 0.246 e. The molecule has 0 saturated heterocycles.